The molecule has 86 valence electrons. The minimum atomic E-state index is -0.694. The normalized spacial score (nSPS) is 15.1. The molecule has 2 atom stereocenters. The lowest BCUT2D eigenvalue weighted by atomic mass is 10.2. The Morgan fingerprint density at radius 3 is 2.80 bits per heavy atom. The van der Waals surface area contributed by atoms with Gasteiger partial charge >= 0.3 is 0 Å². The molecule has 1 heterocycles. The van der Waals surface area contributed by atoms with Gasteiger partial charge in [0, 0.05) is 28.9 Å². The summed E-state index contributed by atoms with van der Waals surface area (Å²) < 4.78 is 16.3. The lowest BCUT2D eigenvalue weighted by molar-refractivity contribution is 0.437. The van der Waals surface area contributed by atoms with Gasteiger partial charge in [-0.3, -0.25) is 4.21 Å². The summed E-state index contributed by atoms with van der Waals surface area (Å²) in [6, 6.07) is 4.31. The lowest BCUT2D eigenvalue weighted by Gasteiger charge is -2.11. The van der Waals surface area contributed by atoms with E-state index in [1.165, 1.54) is 0 Å². The Morgan fingerprint density at radius 2 is 2.27 bits per heavy atom. The monoisotopic (exact) mass is 229 g/mol. The molecule has 15 heavy (non-hydrogen) atoms. The van der Waals surface area contributed by atoms with Gasteiger partial charge in [-0.2, -0.15) is 0 Å². The molecule has 0 aromatic carbocycles. The fourth-order valence-electron chi connectivity index (χ4n) is 1.30. The second-order valence-corrected chi connectivity index (χ2v) is 5.41. The number of hydrogen-bond acceptors (Lipinski definition) is 3. The average molecular weight is 229 g/mol. The van der Waals surface area contributed by atoms with Crippen molar-refractivity contribution in [3.8, 4) is 0 Å². The third kappa shape index (κ3) is 5.14. The molecule has 2 unspecified atom stereocenters. The minimum Gasteiger partial charge on any atom is -0.465 e. The summed E-state index contributed by atoms with van der Waals surface area (Å²) in [7, 11) is -0.694. The van der Waals surface area contributed by atoms with Gasteiger partial charge in [0.1, 0.15) is 11.5 Å². The maximum absolute atomic E-state index is 10.9. The summed E-state index contributed by atoms with van der Waals surface area (Å²) in [6.45, 7) is 4.78. The molecule has 0 saturated heterocycles. The molecule has 1 aromatic heterocycles. The van der Waals surface area contributed by atoms with Crippen LogP contribution in [0.2, 0.25) is 0 Å². The van der Waals surface area contributed by atoms with Crippen LogP contribution in [0.4, 0.5) is 0 Å². The summed E-state index contributed by atoms with van der Waals surface area (Å²) in [4.78, 5) is 0. The molecule has 0 bridgehead atoms. The summed E-state index contributed by atoms with van der Waals surface area (Å²) in [5.41, 5.74) is 0. The van der Waals surface area contributed by atoms with E-state index in [4.69, 9.17) is 4.42 Å². The molecule has 3 nitrogen and oxygen atoms in total. The van der Waals surface area contributed by atoms with Crippen molar-refractivity contribution in [2.75, 3.05) is 12.0 Å². The van der Waals surface area contributed by atoms with Crippen molar-refractivity contribution in [2.45, 2.75) is 32.9 Å². The van der Waals surface area contributed by atoms with Crippen LogP contribution < -0.4 is 5.32 Å². The Labute approximate surface area is 93.7 Å². The van der Waals surface area contributed by atoms with E-state index >= 15 is 0 Å². The molecule has 0 aliphatic rings. The highest BCUT2D eigenvalue weighted by atomic mass is 32.2. The Hall–Kier alpha value is -0.610. The molecule has 0 fully saturated rings. The molecule has 0 spiro atoms. The molecule has 0 aliphatic carbocycles. The van der Waals surface area contributed by atoms with E-state index in [0.717, 1.165) is 30.2 Å². The molecular formula is C11H19NO2S. The number of aryl methyl sites for hydroxylation is 1. The molecular weight excluding hydrogens is 210 g/mol. The predicted molar refractivity (Wildman–Crippen MR) is 63.3 cm³/mol. The first-order valence-electron chi connectivity index (χ1n) is 5.16. The van der Waals surface area contributed by atoms with Crippen LogP contribution >= 0.6 is 0 Å². The van der Waals surface area contributed by atoms with Crippen LogP contribution in [0.3, 0.4) is 0 Å². The van der Waals surface area contributed by atoms with Crippen molar-refractivity contribution >= 4 is 10.8 Å². The molecule has 0 amide bonds. The molecule has 1 rings (SSSR count). The van der Waals surface area contributed by atoms with Crippen molar-refractivity contribution in [1.29, 1.82) is 0 Å². The summed E-state index contributed by atoms with van der Waals surface area (Å²) in [5.74, 6) is 2.65. The predicted octanol–water partition coefficient (Wildman–Crippen LogP) is 1.83. The highest BCUT2D eigenvalue weighted by Gasteiger charge is 2.04. The molecule has 1 N–H and O–H groups in total. The molecule has 0 radical (unpaired) electrons. The van der Waals surface area contributed by atoms with E-state index < -0.39 is 10.8 Å². The smallest absolute Gasteiger partial charge is 0.117 e. The quantitative estimate of drug-likeness (QED) is 0.809. The largest absolute Gasteiger partial charge is 0.465 e. The third-order valence-corrected chi connectivity index (χ3v) is 3.07. The Kier molecular flexibility index (Phi) is 5.05. The minimum absolute atomic E-state index is 0.374. The maximum atomic E-state index is 10.9. The van der Waals surface area contributed by atoms with Gasteiger partial charge in [-0.25, -0.2) is 0 Å². The first kappa shape index (κ1) is 12.5. The topological polar surface area (TPSA) is 42.2 Å². The first-order chi connectivity index (χ1) is 7.08. The number of nitrogens with one attached hydrogen (secondary N) is 1. The van der Waals surface area contributed by atoms with Crippen molar-refractivity contribution in [3.05, 3.63) is 23.7 Å². The zero-order valence-electron chi connectivity index (χ0n) is 9.58. The Bertz CT molecular complexity index is 322. The van der Waals surface area contributed by atoms with Crippen molar-refractivity contribution in [2.24, 2.45) is 0 Å². The zero-order chi connectivity index (χ0) is 11.3. The number of hydrogen-bond donors (Lipinski definition) is 1. The molecule has 4 heteroatoms. The van der Waals surface area contributed by atoms with E-state index in [9.17, 15) is 4.21 Å². The fourth-order valence-corrected chi connectivity index (χ4v) is 1.99. The van der Waals surface area contributed by atoms with E-state index in [2.05, 4.69) is 12.2 Å². The van der Waals surface area contributed by atoms with Crippen LogP contribution in [-0.2, 0) is 17.3 Å². The van der Waals surface area contributed by atoms with Gasteiger partial charge in [0.25, 0.3) is 0 Å². The fraction of sp³-hybridized carbons (Fsp3) is 0.636. The lowest BCUT2D eigenvalue weighted by Crippen LogP contribution is -2.26. The van der Waals surface area contributed by atoms with E-state index in [1.54, 1.807) is 6.26 Å². The van der Waals surface area contributed by atoms with Gasteiger partial charge < -0.3 is 9.73 Å². The van der Waals surface area contributed by atoms with E-state index in [1.807, 2.05) is 19.1 Å². The van der Waals surface area contributed by atoms with Crippen LogP contribution in [0.1, 0.15) is 24.9 Å². The Morgan fingerprint density at radius 1 is 1.53 bits per heavy atom. The summed E-state index contributed by atoms with van der Waals surface area (Å²) in [5, 5.41) is 3.34. The van der Waals surface area contributed by atoms with Gasteiger partial charge in [-0.05, 0) is 32.4 Å². The number of rotatable bonds is 6. The van der Waals surface area contributed by atoms with Crippen molar-refractivity contribution < 1.29 is 8.63 Å². The highest BCUT2D eigenvalue weighted by molar-refractivity contribution is 7.84. The average Bonchev–Trinajstić information content (AvgIpc) is 2.58. The highest BCUT2D eigenvalue weighted by Crippen LogP contribution is 2.06. The van der Waals surface area contributed by atoms with Gasteiger partial charge in [-0.15, -0.1) is 0 Å². The second-order valence-electron chi connectivity index (χ2n) is 3.86. The second kappa shape index (κ2) is 6.08. The molecule has 0 saturated carbocycles. The van der Waals surface area contributed by atoms with Gasteiger partial charge in [-0.1, -0.05) is 0 Å². The van der Waals surface area contributed by atoms with Crippen LogP contribution in [-0.4, -0.2) is 22.3 Å². The summed E-state index contributed by atoms with van der Waals surface area (Å²) >= 11 is 0. The van der Waals surface area contributed by atoms with Gasteiger partial charge in [0.05, 0.1) is 6.54 Å². The van der Waals surface area contributed by atoms with E-state index in [-0.39, 0.29) is 0 Å². The van der Waals surface area contributed by atoms with Crippen molar-refractivity contribution in [1.82, 2.24) is 5.32 Å². The Balaban J connectivity index is 2.22. The van der Waals surface area contributed by atoms with Crippen LogP contribution in [0.15, 0.2) is 16.5 Å². The van der Waals surface area contributed by atoms with Crippen LogP contribution in [0.5, 0.6) is 0 Å². The molecule has 0 aliphatic heterocycles. The standard InChI is InChI=1S/C11H19NO2S/c1-9(6-7-15(3)13)12-8-11-5-4-10(2)14-11/h4-5,9,12H,6-8H2,1-3H3. The third-order valence-electron chi connectivity index (χ3n) is 2.26. The maximum Gasteiger partial charge on any atom is 0.117 e. The van der Waals surface area contributed by atoms with Crippen LogP contribution in [0.25, 0.3) is 0 Å². The van der Waals surface area contributed by atoms with E-state index in [0.29, 0.717) is 6.04 Å². The number of furan rings is 1. The van der Waals surface area contributed by atoms with Crippen molar-refractivity contribution in [3.63, 3.8) is 0 Å². The first-order valence-corrected chi connectivity index (χ1v) is 6.89. The SMILES string of the molecule is Cc1ccc(CNC(C)CCS(C)=O)o1. The zero-order valence-corrected chi connectivity index (χ0v) is 10.4. The van der Waals surface area contributed by atoms with Gasteiger partial charge in [0.15, 0.2) is 0 Å². The van der Waals surface area contributed by atoms with Crippen LogP contribution in [0, 0.1) is 6.92 Å². The van der Waals surface area contributed by atoms with Gasteiger partial charge in [0.2, 0.25) is 0 Å². The summed E-state index contributed by atoms with van der Waals surface area (Å²) in [6.07, 6.45) is 2.67. The molecule has 1 aromatic rings.